The minimum absolute atomic E-state index is 0.0594. The summed E-state index contributed by atoms with van der Waals surface area (Å²) in [5.41, 5.74) is 0.754. The van der Waals surface area contributed by atoms with Gasteiger partial charge in [-0.25, -0.2) is 8.42 Å². The van der Waals surface area contributed by atoms with E-state index < -0.39 is 15.1 Å². The van der Waals surface area contributed by atoms with E-state index in [2.05, 4.69) is 0 Å². The molecule has 1 N–H and O–H groups in total. The van der Waals surface area contributed by atoms with Crippen LogP contribution >= 0.6 is 0 Å². The van der Waals surface area contributed by atoms with Crippen molar-refractivity contribution in [2.24, 2.45) is 0 Å². The first-order chi connectivity index (χ1) is 13.4. The highest BCUT2D eigenvalue weighted by molar-refractivity contribution is 7.92. The lowest BCUT2D eigenvalue weighted by Gasteiger charge is -2.17. The van der Waals surface area contributed by atoms with Crippen molar-refractivity contribution in [1.82, 2.24) is 4.90 Å². The Morgan fingerprint density at radius 1 is 1.18 bits per heavy atom. The summed E-state index contributed by atoms with van der Waals surface area (Å²) >= 11 is 0. The summed E-state index contributed by atoms with van der Waals surface area (Å²) in [6, 6.07) is 13.2. The largest absolute Gasteiger partial charge is 0.497 e. The van der Waals surface area contributed by atoms with Crippen LogP contribution in [-0.4, -0.2) is 56.4 Å². The van der Waals surface area contributed by atoms with Crippen LogP contribution < -0.4 is 9.47 Å². The highest BCUT2D eigenvalue weighted by atomic mass is 32.2. The third-order valence-electron chi connectivity index (χ3n) is 4.77. The molecule has 8 heteroatoms. The second kappa shape index (κ2) is 8.62. The van der Waals surface area contributed by atoms with Crippen LogP contribution in [0.15, 0.2) is 53.4 Å². The lowest BCUT2D eigenvalue weighted by molar-refractivity contribution is -0.132. The number of ether oxygens (including phenoxy) is 2. The second-order valence-electron chi connectivity index (χ2n) is 6.57. The van der Waals surface area contributed by atoms with Crippen LogP contribution in [0.5, 0.6) is 11.5 Å². The second-order valence-corrected chi connectivity index (χ2v) is 8.79. The van der Waals surface area contributed by atoms with Crippen LogP contribution in [0.25, 0.3) is 0 Å². The summed E-state index contributed by atoms with van der Waals surface area (Å²) in [6.45, 7) is 0.297. The lowest BCUT2D eigenvalue weighted by atomic mass is 10.2. The highest BCUT2D eigenvalue weighted by Gasteiger charge is 2.36. The molecule has 2 aromatic rings. The number of hydrogen-bond acceptors (Lipinski definition) is 6. The quantitative estimate of drug-likeness (QED) is 0.753. The maximum atomic E-state index is 12.9. The van der Waals surface area contributed by atoms with Gasteiger partial charge in [0.1, 0.15) is 11.5 Å². The molecule has 1 unspecified atom stereocenters. The van der Waals surface area contributed by atoms with Gasteiger partial charge in [-0.15, -0.1) is 0 Å². The molecule has 1 aliphatic heterocycles. The van der Waals surface area contributed by atoms with Crippen molar-refractivity contribution in [2.75, 3.05) is 26.8 Å². The number of methoxy groups -OCH3 is 1. The van der Waals surface area contributed by atoms with Gasteiger partial charge < -0.3 is 19.5 Å². The predicted molar refractivity (Wildman–Crippen MR) is 103 cm³/mol. The number of aliphatic hydroxyl groups excluding tert-OH is 1. The van der Waals surface area contributed by atoms with Crippen LogP contribution in [0, 0.1) is 0 Å². The Hall–Kier alpha value is -2.58. The van der Waals surface area contributed by atoms with E-state index in [9.17, 15) is 13.2 Å². The Balaban J connectivity index is 1.59. The van der Waals surface area contributed by atoms with Gasteiger partial charge in [-0.05, 0) is 42.3 Å². The van der Waals surface area contributed by atoms with E-state index in [1.165, 1.54) is 18.1 Å². The maximum Gasteiger partial charge on any atom is 0.260 e. The third-order valence-corrected chi connectivity index (χ3v) is 6.95. The number of benzene rings is 2. The number of rotatable bonds is 7. The SMILES string of the molecule is COc1cccc(S(=O)(=O)C2CCN(C(=O)COc3ccc(CO)cc3)C2)c1. The third kappa shape index (κ3) is 4.45. The summed E-state index contributed by atoms with van der Waals surface area (Å²) in [4.78, 5) is 14.1. The normalized spacial score (nSPS) is 16.8. The Kier molecular flexibility index (Phi) is 6.21. The molecule has 0 saturated carbocycles. The van der Waals surface area contributed by atoms with E-state index in [4.69, 9.17) is 14.6 Å². The predicted octanol–water partition coefficient (Wildman–Crippen LogP) is 1.64. The molecule has 0 bridgehead atoms. The van der Waals surface area contributed by atoms with Crippen molar-refractivity contribution < 1.29 is 27.8 Å². The smallest absolute Gasteiger partial charge is 0.260 e. The number of aliphatic hydroxyl groups is 1. The first-order valence-corrected chi connectivity index (χ1v) is 10.5. The minimum atomic E-state index is -3.55. The highest BCUT2D eigenvalue weighted by Crippen LogP contribution is 2.26. The average Bonchev–Trinajstić information content (AvgIpc) is 3.23. The van der Waals surface area contributed by atoms with E-state index in [-0.39, 0.29) is 30.6 Å². The van der Waals surface area contributed by atoms with Crippen LogP contribution in [0.2, 0.25) is 0 Å². The van der Waals surface area contributed by atoms with E-state index >= 15 is 0 Å². The van der Waals surface area contributed by atoms with E-state index in [1.54, 1.807) is 42.5 Å². The molecular formula is C20H23NO6S. The average molecular weight is 405 g/mol. The van der Waals surface area contributed by atoms with Gasteiger partial charge in [0.05, 0.1) is 23.9 Å². The molecular weight excluding hydrogens is 382 g/mol. The van der Waals surface area contributed by atoms with Gasteiger partial charge in [-0.3, -0.25) is 4.79 Å². The number of hydrogen-bond donors (Lipinski definition) is 1. The first-order valence-electron chi connectivity index (χ1n) is 8.92. The topological polar surface area (TPSA) is 93.1 Å². The lowest BCUT2D eigenvalue weighted by Crippen LogP contribution is -2.35. The van der Waals surface area contributed by atoms with Gasteiger partial charge in [0, 0.05) is 13.1 Å². The molecule has 0 spiro atoms. The zero-order chi connectivity index (χ0) is 20.1. The Morgan fingerprint density at radius 2 is 1.93 bits per heavy atom. The molecule has 2 aromatic carbocycles. The minimum Gasteiger partial charge on any atom is -0.497 e. The van der Waals surface area contributed by atoms with E-state index in [1.807, 2.05) is 0 Å². The van der Waals surface area contributed by atoms with Crippen molar-refractivity contribution in [2.45, 2.75) is 23.2 Å². The molecule has 3 rings (SSSR count). The van der Waals surface area contributed by atoms with Crippen LogP contribution in [0.3, 0.4) is 0 Å². The molecule has 0 aromatic heterocycles. The summed E-state index contributed by atoms with van der Waals surface area (Å²) in [5, 5.41) is 8.39. The summed E-state index contributed by atoms with van der Waals surface area (Å²) in [5.74, 6) is 0.743. The maximum absolute atomic E-state index is 12.9. The van der Waals surface area contributed by atoms with Gasteiger partial charge >= 0.3 is 0 Å². The van der Waals surface area contributed by atoms with E-state index in [0.717, 1.165) is 5.56 Å². The fraction of sp³-hybridized carbons (Fsp3) is 0.350. The molecule has 1 saturated heterocycles. The van der Waals surface area contributed by atoms with Crippen molar-refractivity contribution >= 4 is 15.7 Å². The molecule has 1 amide bonds. The van der Waals surface area contributed by atoms with Crippen molar-refractivity contribution in [3.8, 4) is 11.5 Å². The van der Waals surface area contributed by atoms with Crippen molar-refractivity contribution in [3.63, 3.8) is 0 Å². The fourth-order valence-corrected chi connectivity index (χ4v) is 4.83. The van der Waals surface area contributed by atoms with Gasteiger partial charge in [0.25, 0.3) is 5.91 Å². The van der Waals surface area contributed by atoms with Crippen molar-refractivity contribution in [3.05, 3.63) is 54.1 Å². The van der Waals surface area contributed by atoms with Crippen LogP contribution in [0.1, 0.15) is 12.0 Å². The van der Waals surface area contributed by atoms with Crippen molar-refractivity contribution in [1.29, 1.82) is 0 Å². The number of carbonyl (C=O) groups excluding carboxylic acids is 1. The van der Waals surface area contributed by atoms with Gasteiger partial charge in [0.15, 0.2) is 16.4 Å². The monoisotopic (exact) mass is 405 g/mol. The summed E-state index contributed by atoms with van der Waals surface area (Å²) < 4.78 is 36.3. The van der Waals surface area contributed by atoms with Crippen LogP contribution in [-0.2, 0) is 21.2 Å². The van der Waals surface area contributed by atoms with Gasteiger partial charge in [-0.2, -0.15) is 0 Å². The molecule has 0 aliphatic carbocycles. The Morgan fingerprint density at radius 3 is 2.61 bits per heavy atom. The summed E-state index contributed by atoms with van der Waals surface area (Å²) in [7, 11) is -2.07. The fourth-order valence-electron chi connectivity index (χ4n) is 3.11. The number of amides is 1. The number of nitrogens with zero attached hydrogens (tertiary/aromatic N) is 1. The number of carbonyl (C=O) groups is 1. The number of sulfone groups is 1. The molecule has 1 fully saturated rings. The summed E-state index contributed by atoms with van der Waals surface area (Å²) in [6.07, 6.45) is 0.385. The molecule has 7 nitrogen and oxygen atoms in total. The molecule has 150 valence electrons. The first kappa shape index (κ1) is 20.2. The Bertz CT molecular complexity index is 926. The molecule has 1 aliphatic rings. The van der Waals surface area contributed by atoms with Gasteiger partial charge in [0.2, 0.25) is 0 Å². The zero-order valence-corrected chi connectivity index (χ0v) is 16.4. The Labute approximate surface area is 164 Å². The molecule has 28 heavy (non-hydrogen) atoms. The van der Waals surface area contributed by atoms with Gasteiger partial charge in [-0.1, -0.05) is 18.2 Å². The number of likely N-dealkylation sites (tertiary alicyclic amines) is 1. The molecule has 1 heterocycles. The van der Waals surface area contributed by atoms with Crippen LogP contribution in [0.4, 0.5) is 0 Å². The van der Waals surface area contributed by atoms with E-state index in [0.29, 0.717) is 24.5 Å². The zero-order valence-electron chi connectivity index (χ0n) is 15.6. The standard InChI is InChI=1S/C20H23NO6S/c1-26-17-3-2-4-18(11-17)28(24,25)19-9-10-21(12-19)20(23)14-27-16-7-5-15(13-22)6-8-16/h2-8,11,19,22H,9-10,12-14H2,1H3. The molecule has 0 radical (unpaired) electrons. The molecule has 1 atom stereocenters.